The highest BCUT2D eigenvalue weighted by molar-refractivity contribution is 5.89. The van der Waals surface area contributed by atoms with Gasteiger partial charge < -0.3 is 15.1 Å². The minimum absolute atomic E-state index is 0.0227. The molecular formula is C17H23N3O2. The van der Waals surface area contributed by atoms with Crippen molar-refractivity contribution in [2.75, 3.05) is 32.7 Å². The highest BCUT2D eigenvalue weighted by Crippen LogP contribution is 2.29. The van der Waals surface area contributed by atoms with E-state index in [9.17, 15) is 9.59 Å². The Morgan fingerprint density at radius 1 is 1.23 bits per heavy atom. The first-order valence-electron chi connectivity index (χ1n) is 8.00. The fourth-order valence-corrected chi connectivity index (χ4v) is 3.33. The number of nitrogens with zero attached hydrogens (tertiary/aromatic N) is 2. The molecule has 0 radical (unpaired) electrons. The molecule has 2 unspecified atom stereocenters. The van der Waals surface area contributed by atoms with Crippen molar-refractivity contribution in [3.05, 3.63) is 35.9 Å². The van der Waals surface area contributed by atoms with Crippen LogP contribution in [0.2, 0.25) is 0 Å². The molecule has 1 aromatic carbocycles. The highest BCUT2D eigenvalue weighted by atomic mass is 16.2. The SMILES string of the molecule is CC(c1ccccc1)N1CC(C(=O)N2CCNCC2)CC1=O. The van der Waals surface area contributed by atoms with E-state index in [2.05, 4.69) is 5.32 Å². The molecule has 2 saturated heterocycles. The van der Waals surface area contributed by atoms with E-state index in [1.807, 2.05) is 47.1 Å². The fourth-order valence-electron chi connectivity index (χ4n) is 3.33. The van der Waals surface area contributed by atoms with Gasteiger partial charge in [-0.15, -0.1) is 0 Å². The van der Waals surface area contributed by atoms with Gasteiger partial charge in [0.05, 0.1) is 12.0 Å². The fraction of sp³-hybridized carbons (Fsp3) is 0.529. The van der Waals surface area contributed by atoms with Crippen molar-refractivity contribution in [2.45, 2.75) is 19.4 Å². The molecule has 1 aromatic rings. The summed E-state index contributed by atoms with van der Waals surface area (Å²) in [5, 5.41) is 3.25. The van der Waals surface area contributed by atoms with Crippen LogP contribution in [0.15, 0.2) is 30.3 Å². The Balaban J connectivity index is 1.66. The Morgan fingerprint density at radius 3 is 2.59 bits per heavy atom. The number of carbonyl (C=O) groups is 2. The number of amides is 2. The lowest BCUT2D eigenvalue weighted by molar-refractivity contribution is -0.136. The molecule has 2 aliphatic heterocycles. The predicted molar refractivity (Wildman–Crippen MR) is 84.1 cm³/mol. The monoisotopic (exact) mass is 301 g/mol. The van der Waals surface area contributed by atoms with Crippen LogP contribution in [0.4, 0.5) is 0 Å². The molecule has 0 aromatic heterocycles. The second kappa shape index (κ2) is 6.48. The van der Waals surface area contributed by atoms with E-state index >= 15 is 0 Å². The predicted octanol–water partition coefficient (Wildman–Crippen LogP) is 1.03. The molecule has 2 fully saturated rings. The summed E-state index contributed by atoms with van der Waals surface area (Å²) in [6.45, 7) is 5.76. The maximum atomic E-state index is 12.6. The second-order valence-electron chi connectivity index (χ2n) is 6.11. The lowest BCUT2D eigenvalue weighted by Crippen LogP contribution is -2.48. The summed E-state index contributed by atoms with van der Waals surface area (Å²) in [5.74, 6) is 0.0409. The summed E-state index contributed by atoms with van der Waals surface area (Å²) < 4.78 is 0. The Labute approximate surface area is 131 Å². The molecule has 0 saturated carbocycles. The summed E-state index contributed by atoms with van der Waals surface area (Å²) >= 11 is 0. The molecule has 2 heterocycles. The third-order valence-corrected chi connectivity index (χ3v) is 4.69. The Bertz CT molecular complexity index is 540. The number of carbonyl (C=O) groups excluding carboxylic acids is 2. The van der Waals surface area contributed by atoms with Gasteiger partial charge in [-0.25, -0.2) is 0 Å². The number of rotatable bonds is 3. The average molecular weight is 301 g/mol. The van der Waals surface area contributed by atoms with E-state index in [0.29, 0.717) is 13.0 Å². The molecule has 2 atom stereocenters. The van der Waals surface area contributed by atoms with E-state index in [-0.39, 0.29) is 23.8 Å². The van der Waals surface area contributed by atoms with Crippen LogP contribution in [0.5, 0.6) is 0 Å². The van der Waals surface area contributed by atoms with Crippen molar-refractivity contribution in [3.8, 4) is 0 Å². The first-order chi connectivity index (χ1) is 10.7. The molecule has 2 aliphatic rings. The van der Waals surface area contributed by atoms with Gasteiger partial charge in [0.2, 0.25) is 11.8 Å². The van der Waals surface area contributed by atoms with Gasteiger partial charge in [-0.2, -0.15) is 0 Å². The third-order valence-electron chi connectivity index (χ3n) is 4.69. The third kappa shape index (κ3) is 2.99. The summed E-state index contributed by atoms with van der Waals surface area (Å²) in [6, 6.07) is 10.0. The van der Waals surface area contributed by atoms with Crippen molar-refractivity contribution < 1.29 is 9.59 Å². The van der Waals surface area contributed by atoms with Crippen LogP contribution < -0.4 is 5.32 Å². The van der Waals surface area contributed by atoms with Crippen molar-refractivity contribution in [3.63, 3.8) is 0 Å². The largest absolute Gasteiger partial charge is 0.340 e. The molecule has 5 heteroatoms. The molecule has 22 heavy (non-hydrogen) atoms. The standard InChI is InChI=1S/C17H23N3O2/c1-13(14-5-3-2-4-6-14)20-12-15(11-16(20)21)17(22)19-9-7-18-8-10-19/h2-6,13,15,18H,7-12H2,1H3. The van der Waals surface area contributed by atoms with Crippen molar-refractivity contribution in [2.24, 2.45) is 5.92 Å². The van der Waals surface area contributed by atoms with E-state index in [1.54, 1.807) is 0 Å². The van der Waals surface area contributed by atoms with Crippen LogP contribution in [0, 0.1) is 5.92 Å². The highest BCUT2D eigenvalue weighted by Gasteiger charge is 2.38. The average Bonchev–Trinajstić information content (AvgIpc) is 2.97. The molecule has 5 nitrogen and oxygen atoms in total. The molecule has 0 bridgehead atoms. The van der Waals surface area contributed by atoms with Gasteiger partial charge in [-0.1, -0.05) is 30.3 Å². The first-order valence-corrected chi connectivity index (χ1v) is 8.00. The first kappa shape index (κ1) is 15.0. The van der Waals surface area contributed by atoms with Gasteiger partial charge >= 0.3 is 0 Å². The number of piperazine rings is 1. The number of nitrogens with one attached hydrogen (secondary N) is 1. The van der Waals surface area contributed by atoms with E-state index in [0.717, 1.165) is 31.7 Å². The topological polar surface area (TPSA) is 52.7 Å². The zero-order valence-electron chi connectivity index (χ0n) is 13.0. The van der Waals surface area contributed by atoms with E-state index in [4.69, 9.17) is 0 Å². The van der Waals surface area contributed by atoms with E-state index in [1.165, 1.54) is 0 Å². The van der Waals surface area contributed by atoms with Crippen LogP contribution in [0.1, 0.15) is 24.9 Å². The summed E-state index contributed by atoms with van der Waals surface area (Å²) in [7, 11) is 0. The van der Waals surface area contributed by atoms with Crippen molar-refractivity contribution >= 4 is 11.8 Å². The molecule has 0 aliphatic carbocycles. The smallest absolute Gasteiger partial charge is 0.228 e. The summed E-state index contributed by atoms with van der Waals surface area (Å²) in [5.41, 5.74) is 1.12. The van der Waals surface area contributed by atoms with Gasteiger partial charge in [0.15, 0.2) is 0 Å². The lowest BCUT2D eigenvalue weighted by atomic mass is 10.1. The van der Waals surface area contributed by atoms with Gasteiger partial charge in [0.25, 0.3) is 0 Å². The maximum Gasteiger partial charge on any atom is 0.228 e. The Hall–Kier alpha value is -1.88. The molecule has 2 amide bonds. The van der Waals surface area contributed by atoms with Gasteiger partial charge in [0, 0.05) is 39.1 Å². The van der Waals surface area contributed by atoms with Crippen LogP contribution in [-0.4, -0.2) is 54.3 Å². The number of hydrogen-bond acceptors (Lipinski definition) is 3. The van der Waals surface area contributed by atoms with Crippen LogP contribution in [0.25, 0.3) is 0 Å². The number of benzene rings is 1. The maximum absolute atomic E-state index is 12.6. The van der Waals surface area contributed by atoms with Crippen molar-refractivity contribution in [1.82, 2.24) is 15.1 Å². The zero-order chi connectivity index (χ0) is 15.5. The molecule has 3 rings (SSSR count). The molecule has 0 spiro atoms. The minimum atomic E-state index is -0.184. The van der Waals surface area contributed by atoms with E-state index < -0.39 is 0 Å². The summed E-state index contributed by atoms with van der Waals surface area (Å²) in [4.78, 5) is 28.6. The quantitative estimate of drug-likeness (QED) is 0.907. The van der Waals surface area contributed by atoms with Crippen LogP contribution in [0.3, 0.4) is 0 Å². The van der Waals surface area contributed by atoms with Crippen molar-refractivity contribution in [1.29, 1.82) is 0 Å². The molecular weight excluding hydrogens is 278 g/mol. The van der Waals surface area contributed by atoms with Gasteiger partial charge in [0.1, 0.15) is 0 Å². The van der Waals surface area contributed by atoms with Gasteiger partial charge in [-0.3, -0.25) is 9.59 Å². The second-order valence-corrected chi connectivity index (χ2v) is 6.11. The molecule has 1 N–H and O–H groups in total. The number of hydrogen-bond donors (Lipinski definition) is 1. The normalized spacial score (nSPS) is 23.7. The Kier molecular flexibility index (Phi) is 4.43. The number of likely N-dealkylation sites (tertiary alicyclic amines) is 1. The summed E-state index contributed by atoms with van der Waals surface area (Å²) in [6.07, 6.45) is 0.347. The Morgan fingerprint density at radius 2 is 1.91 bits per heavy atom. The minimum Gasteiger partial charge on any atom is -0.340 e. The lowest BCUT2D eigenvalue weighted by Gasteiger charge is -2.30. The molecule has 118 valence electrons. The van der Waals surface area contributed by atoms with Gasteiger partial charge in [-0.05, 0) is 12.5 Å². The van der Waals surface area contributed by atoms with Crippen LogP contribution >= 0.6 is 0 Å². The van der Waals surface area contributed by atoms with Crippen LogP contribution in [-0.2, 0) is 9.59 Å². The zero-order valence-corrected chi connectivity index (χ0v) is 13.0.